The topological polar surface area (TPSA) is 55.4 Å². The number of carbonyl (C=O) groups is 2. The maximum Gasteiger partial charge on any atom is 0.306 e. The fourth-order valence-corrected chi connectivity index (χ4v) is 3.45. The molecule has 0 saturated heterocycles. The largest absolute Gasteiger partial charge is 0.447 e. The van der Waals surface area contributed by atoms with E-state index < -0.39 is 12.0 Å². The Morgan fingerprint density at radius 2 is 1.70 bits per heavy atom. The van der Waals surface area contributed by atoms with Crippen molar-refractivity contribution < 1.29 is 18.7 Å². The van der Waals surface area contributed by atoms with Gasteiger partial charge in [-0.3, -0.25) is 9.59 Å². The second-order valence-corrected chi connectivity index (χ2v) is 6.97. The van der Waals surface area contributed by atoms with Gasteiger partial charge in [-0.1, -0.05) is 56.0 Å². The highest BCUT2D eigenvalue weighted by molar-refractivity contribution is 5.96. The van der Waals surface area contributed by atoms with Gasteiger partial charge in [-0.15, -0.1) is 0 Å². The average Bonchev–Trinajstić information content (AvgIpc) is 3.20. The lowest BCUT2D eigenvalue weighted by molar-refractivity contribution is -0.155. The summed E-state index contributed by atoms with van der Waals surface area (Å²) in [5.74, 6) is -0.626. The van der Waals surface area contributed by atoms with Crippen molar-refractivity contribution in [3.05, 3.63) is 66.0 Å². The van der Waals surface area contributed by atoms with E-state index in [1.807, 2.05) is 6.07 Å². The number of ether oxygens (including phenoxy) is 1. The van der Waals surface area contributed by atoms with Crippen LogP contribution in [0.1, 0.15) is 50.2 Å². The van der Waals surface area contributed by atoms with E-state index in [4.69, 9.17) is 4.74 Å². The molecule has 1 aliphatic rings. The van der Waals surface area contributed by atoms with E-state index in [2.05, 4.69) is 5.32 Å². The van der Waals surface area contributed by atoms with Gasteiger partial charge in [-0.2, -0.15) is 0 Å². The van der Waals surface area contributed by atoms with Gasteiger partial charge in [0, 0.05) is 17.7 Å². The smallest absolute Gasteiger partial charge is 0.306 e. The molecule has 0 heterocycles. The number of amides is 1. The molecule has 2 aromatic rings. The molecule has 142 valence electrons. The number of rotatable bonds is 7. The summed E-state index contributed by atoms with van der Waals surface area (Å²) in [5, 5.41) is 2.69. The zero-order valence-corrected chi connectivity index (χ0v) is 15.2. The molecule has 1 amide bonds. The predicted molar refractivity (Wildman–Crippen MR) is 101 cm³/mol. The Morgan fingerprint density at radius 1 is 1.04 bits per heavy atom. The van der Waals surface area contributed by atoms with E-state index in [-0.39, 0.29) is 11.8 Å². The number of esters is 1. The van der Waals surface area contributed by atoms with Crippen molar-refractivity contribution in [2.45, 2.75) is 44.6 Å². The second-order valence-electron chi connectivity index (χ2n) is 6.97. The Labute approximate surface area is 158 Å². The van der Waals surface area contributed by atoms with Crippen LogP contribution in [-0.2, 0) is 14.3 Å². The van der Waals surface area contributed by atoms with Crippen molar-refractivity contribution in [2.24, 2.45) is 5.92 Å². The van der Waals surface area contributed by atoms with Crippen molar-refractivity contribution >= 4 is 17.6 Å². The van der Waals surface area contributed by atoms with Crippen LogP contribution >= 0.6 is 0 Å². The van der Waals surface area contributed by atoms with E-state index >= 15 is 0 Å². The normalized spacial score (nSPS) is 15.3. The molecule has 0 spiro atoms. The quantitative estimate of drug-likeness (QED) is 0.697. The third kappa shape index (κ3) is 5.64. The van der Waals surface area contributed by atoms with E-state index in [9.17, 15) is 14.0 Å². The third-order valence-corrected chi connectivity index (χ3v) is 4.93. The fourth-order valence-electron chi connectivity index (χ4n) is 3.45. The van der Waals surface area contributed by atoms with Crippen molar-refractivity contribution in [2.75, 3.05) is 5.32 Å². The van der Waals surface area contributed by atoms with Gasteiger partial charge >= 0.3 is 5.97 Å². The van der Waals surface area contributed by atoms with Crippen LogP contribution in [0.3, 0.4) is 0 Å². The maximum absolute atomic E-state index is 13.1. The van der Waals surface area contributed by atoms with Crippen molar-refractivity contribution in [3.63, 3.8) is 0 Å². The number of hydrogen-bond acceptors (Lipinski definition) is 3. The Kier molecular flexibility index (Phi) is 6.58. The Bertz CT molecular complexity index is 755. The molecule has 5 heteroatoms. The minimum absolute atomic E-state index is 0.317. The highest BCUT2D eigenvalue weighted by Crippen LogP contribution is 2.29. The monoisotopic (exact) mass is 369 g/mol. The van der Waals surface area contributed by atoms with Gasteiger partial charge in [0.05, 0.1) is 0 Å². The van der Waals surface area contributed by atoms with Crippen LogP contribution in [0.4, 0.5) is 10.1 Å². The van der Waals surface area contributed by atoms with Crippen LogP contribution in [0, 0.1) is 11.7 Å². The molecule has 1 fully saturated rings. The highest BCUT2D eigenvalue weighted by Gasteiger charge is 2.26. The van der Waals surface area contributed by atoms with E-state index in [0.717, 1.165) is 6.42 Å². The minimum Gasteiger partial charge on any atom is -0.447 e. The lowest BCUT2D eigenvalue weighted by atomic mass is 10.0. The molecule has 3 rings (SSSR count). The summed E-state index contributed by atoms with van der Waals surface area (Å²) in [6.45, 7) is 0. The van der Waals surface area contributed by atoms with E-state index in [1.54, 1.807) is 24.3 Å². The Balaban J connectivity index is 1.65. The molecule has 0 radical (unpaired) electrons. The standard InChI is InChI=1S/C22H24FNO3/c23-18-11-13-19(14-12-18)24-22(26)21(17-8-2-1-3-9-17)27-20(25)15-10-16-6-4-5-7-16/h1-3,8-9,11-14,16,21H,4-7,10,15H2,(H,24,26)/t21-/m0/s1. The zero-order valence-electron chi connectivity index (χ0n) is 15.2. The first kappa shape index (κ1) is 19.1. The van der Waals surface area contributed by atoms with Gasteiger partial charge < -0.3 is 10.1 Å². The molecule has 1 saturated carbocycles. The summed E-state index contributed by atoms with van der Waals surface area (Å²) < 4.78 is 18.6. The van der Waals surface area contributed by atoms with Crippen LogP contribution in [0.25, 0.3) is 0 Å². The molecule has 1 atom stereocenters. The first-order valence-electron chi connectivity index (χ1n) is 9.42. The number of carbonyl (C=O) groups excluding carboxylic acids is 2. The lowest BCUT2D eigenvalue weighted by Crippen LogP contribution is -2.26. The molecule has 0 bridgehead atoms. The maximum atomic E-state index is 13.1. The molecule has 0 aliphatic heterocycles. The second kappa shape index (κ2) is 9.31. The zero-order chi connectivity index (χ0) is 19.1. The van der Waals surface area contributed by atoms with Gasteiger partial charge in [0.25, 0.3) is 5.91 Å². The Morgan fingerprint density at radius 3 is 2.37 bits per heavy atom. The van der Waals surface area contributed by atoms with Gasteiger partial charge in [0.1, 0.15) is 5.82 Å². The molecule has 0 unspecified atom stereocenters. The number of halogens is 1. The average molecular weight is 369 g/mol. The van der Waals surface area contributed by atoms with Gasteiger partial charge in [-0.25, -0.2) is 4.39 Å². The molecule has 4 nitrogen and oxygen atoms in total. The van der Waals surface area contributed by atoms with Crippen molar-refractivity contribution in [3.8, 4) is 0 Å². The van der Waals surface area contributed by atoms with Gasteiger partial charge in [-0.05, 0) is 36.6 Å². The summed E-state index contributed by atoms with van der Waals surface area (Å²) in [6.07, 6.45) is 4.88. The van der Waals surface area contributed by atoms with Crippen LogP contribution in [0.15, 0.2) is 54.6 Å². The molecule has 2 aromatic carbocycles. The van der Waals surface area contributed by atoms with Gasteiger partial charge in [0.15, 0.2) is 0 Å². The molecule has 1 N–H and O–H groups in total. The van der Waals surface area contributed by atoms with Crippen LogP contribution in [0.5, 0.6) is 0 Å². The number of hydrogen-bond donors (Lipinski definition) is 1. The molecular weight excluding hydrogens is 345 g/mol. The minimum atomic E-state index is -1.03. The number of nitrogens with one attached hydrogen (secondary N) is 1. The lowest BCUT2D eigenvalue weighted by Gasteiger charge is -2.18. The third-order valence-electron chi connectivity index (χ3n) is 4.93. The SMILES string of the molecule is O=C(CCC1CCCC1)O[C@H](C(=O)Nc1ccc(F)cc1)c1ccccc1. The summed E-state index contributed by atoms with van der Waals surface area (Å²) in [4.78, 5) is 25.0. The van der Waals surface area contributed by atoms with Crippen molar-refractivity contribution in [1.29, 1.82) is 0 Å². The number of benzene rings is 2. The highest BCUT2D eigenvalue weighted by atomic mass is 19.1. The van der Waals surface area contributed by atoms with Crippen LogP contribution in [-0.4, -0.2) is 11.9 Å². The number of anilines is 1. The summed E-state index contributed by atoms with van der Waals surface area (Å²) in [5.41, 5.74) is 1.05. The molecule has 0 aromatic heterocycles. The predicted octanol–water partition coefficient (Wildman–Crippen LogP) is 5.02. The fraction of sp³-hybridized carbons (Fsp3) is 0.364. The summed E-state index contributed by atoms with van der Waals surface area (Å²) in [7, 11) is 0. The van der Waals surface area contributed by atoms with Crippen molar-refractivity contribution in [1.82, 2.24) is 0 Å². The molecular formula is C22H24FNO3. The molecule has 1 aliphatic carbocycles. The van der Waals surface area contributed by atoms with Crippen LogP contribution < -0.4 is 5.32 Å². The Hall–Kier alpha value is -2.69. The van der Waals surface area contributed by atoms with E-state index in [0.29, 0.717) is 23.6 Å². The molecule has 27 heavy (non-hydrogen) atoms. The van der Waals surface area contributed by atoms with E-state index in [1.165, 1.54) is 49.9 Å². The van der Waals surface area contributed by atoms with Gasteiger partial charge in [0.2, 0.25) is 6.10 Å². The summed E-state index contributed by atoms with van der Waals surface area (Å²) in [6, 6.07) is 14.4. The first-order valence-corrected chi connectivity index (χ1v) is 9.42. The van der Waals surface area contributed by atoms with Crippen LogP contribution in [0.2, 0.25) is 0 Å². The first-order chi connectivity index (χ1) is 13.1. The summed E-state index contributed by atoms with van der Waals surface area (Å²) >= 11 is 0.